The zero-order valence-electron chi connectivity index (χ0n) is 10.4. The SMILES string of the molecule is O=C(NC1(c2nn[nH]n2)CC1)C1CCC(C(F)(F)F)N1. The molecule has 3 rings (SSSR count). The van der Waals surface area contributed by atoms with Crippen molar-refractivity contribution in [3.63, 3.8) is 0 Å². The number of alkyl halides is 3. The lowest BCUT2D eigenvalue weighted by Crippen LogP contribution is -2.49. The number of rotatable bonds is 3. The van der Waals surface area contributed by atoms with E-state index in [0.717, 1.165) is 0 Å². The second kappa shape index (κ2) is 4.40. The summed E-state index contributed by atoms with van der Waals surface area (Å²) in [5.74, 6) is -0.0738. The fraction of sp³-hybridized carbons (Fsp3) is 0.800. The monoisotopic (exact) mass is 290 g/mol. The molecule has 2 atom stereocenters. The van der Waals surface area contributed by atoms with E-state index in [4.69, 9.17) is 0 Å². The van der Waals surface area contributed by atoms with Crippen LogP contribution in [0, 0.1) is 0 Å². The van der Waals surface area contributed by atoms with E-state index < -0.39 is 29.7 Å². The summed E-state index contributed by atoms with van der Waals surface area (Å²) >= 11 is 0. The van der Waals surface area contributed by atoms with E-state index in [0.29, 0.717) is 18.7 Å². The number of nitrogens with zero attached hydrogens (tertiary/aromatic N) is 3. The number of tetrazole rings is 1. The van der Waals surface area contributed by atoms with E-state index >= 15 is 0 Å². The summed E-state index contributed by atoms with van der Waals surface area (Å²) in [6, 6.07) is -2.44. The van der Waals surface area contributed by atoms with Crippen molar-refractivity contribution in [1.29, 1.82) is 0 Å². The maximum Gasteiger partial charge on any atom is 0.403 e. The van der Waals surface area contributed by atoms with Gasteiger partial charge < -0.3 is 5.32 Å². The fourth-order valence-electron chi connectivity index (χ4n) is 2.42. The molecular formula is C10H13F3N6O. The molecule has 1 aliphatic carbocycles. The Morgan fingerprint density at radius 1 is 1.35 bits per heavy atom. The number of aromatic amines is 1. The third kappa shape index (κ3) is 2.35. The molecule has 2 heterocycles. The molecule has 3 N–H and O–H groups in total. The second-order valence-corrected chi connectivity index (χ2v) is 5.20. The van der Waals surface area contributed by atoms with Gasteiger partial charge in [-0.05, 0) is 25.7 Å². The van der Waals surface area contributed by atoms with Crippen LogP contribution in [0.3, 0.4) is 0 Å². The molecular weight excluding hydrogens is 277 g/mol. The average Bonchev–Trinajstić information content (AvgIpc) is 2.91. The van der Waals surface area contributed by atoms with Crippen LogP contribution in [0.2, 0.25) is 0 Å². The summed E-state index contributed by atoms with van der Waals surface area (Å²) in [6.07, 6.45) is -2.92. The summed E-state index contributed by atoms with van der Waals surface area (Å²) in [4.78, 5) is 12.0. The van der Waals surface area contributed by atoms with Crippen molar-refractivity contribution in [2.24, 2.45) is 0 Å². The Bertz CT molecular complexity index is 498. The summed E-state index contributed by atoms with van der Waals surface area (Å²) in [7, 11) is 0. The van der Waals surface area contributed by atoms with E-state index in [-0.39, 0.29) is 12.8 Å². The smallest absolute Gasteiger partial charge is 0.342 e. The normalized spacial score (nSPS) is 28.4. The largest absolute Gasteiger partial charge is 0.403 e. The third-order valence-electron chi connectivity index (χ3n) is 3.74. The molecule has 2 aliphatic rings. The predicted octanol–water partition coefficient (Wildman–Crippen LogP) is -0.0121. The van der Waals surface area contributed by atoms with E-state index in [1.54, 1.807) is 0 Å². The number of carbonyl (C=O) groups excluding carboxylic acids is 1. The number of carbonyl (C=O) groups is 1. The molecule has 1 aromatic rings. The summed E-state index contributed by atoms with van der Waals surface area (Å²) in [6.45, 7) is 0. The third-order valence-corrected chi connectivity index (χ3v) is 3.74. The first-order valence-electron chi connectivity index (χ1n) is 6.29. The van der Waals surface area contributed by atoms with Crippen LogP contribution in [0.5, 0.6) is 0 Å². The lowest BCUT2D eigenvalue weighted by molar-refractivity contribution is -0.153. The Hall–Kier alpha value is -1.71. The van der Waals surface area contributed by atoms with Crippen LogP contribution in [0.15, 0.2) is 0 Å². The van der Waals surface area contributed by atoms with Gasteiger partial charge in [0, 0.05) is 0 Å². The molecule has 10 heteroatoms. The molecule has 0 aromatic carbocycles. The highest BCUT2D eigenvalue weighted by atomic mass is 19.4. The fourth-order valence-corrected chi connectivity index (χ4v) is 2.42. The first-order valence-corrected chi connectivity index (χ1v) is 6.29. The van der Waals surface area contributed by atoms with Crippen LogP contribution >= 0.6 is 0 Å². The van der Waals surface area contributed by atoms with Gasteiger partial charge >= 0.3 is 6.18 Å². The lowest BCUT2D eigenvalue weighted by atomic mass is 10.1. The molecule has 20 heavy (non-hydrogen) atoms. The minimum absolute atomic E-state index is 0.0865. The molecule has 2 fully saturated rings. The van der Waals surface area contributed by atoms with Gasteiger partial charge in [0.2, 0.25) is 5.91 Å². The molecule has 110 valence electrons. The predicted molar refractivity (Wildman–Crippen MR) is 59.2 cm³/mol. The minimum Gasteiger partial charge on any atom is -0.342 e. The Morgan fingerprint density at radius 2 is 2.10 bits per heavy atom. The summed E-state index contributed by atoms with van der Waals surface area (Å²) in [5.41, 5.74) is -0.665. The zero-order valence-corrected chi connectivity index (χ0v) is 10.4. The summed E-state index contributed by atoms with van der Waals surface area (Å²) in [5, 5.41) is 18.4. The number of hydrogen-bond donors (Lipinski definition) is 3. The van der Waals surface area contributed by atoms with Crippen molar-refractivity contribution in [2.45, 2.75) is 49.5 Å². The lowest BCUT2D eigenvalue weighted by Gasteiger charge is -2.19. The average molecular weight is 290 g/mol. The van der Waals surface area contributed by atoms with Crippen molar-refractivity contribution in [3.05, 3.63) is 5.82 Å². The highest BCUT2D eigenvalue weighted by Gasteiger charge is 2.52. The van der Waals surface area contributed by atoms with Crippen molar-refractivity contribution < 1.29 is 18.0 Å². The number of H-pyrrole nitrogens is 1. The zero-order chi connectivity index (χ0) is 14.4. The van der Waals surface area contributed by atoms with Crippen molar-refractivity contribution in [1.82, 2.24) is 31.3 Å². The standard InChI is InChI=1S/C10H13F3N6O/c11-10(12,13)6-2-1-5(14-6)7(20)15-9(3-4-9)8-16-18-19-17-8/h5-6,14H,1-4H2,(H,15,20)(H,16,17,18,19). The maximum absolute atomic E-state index is 12.5. The van der Waals surface area contributed by atoms with Crippen LogP contribution in [0.4, 0.5) is 13.2 Å². The van der Waals surface area contributed by atoms with Crippen LogP contribution < -0.4 is 10.6 Å². The van der Waals surface area contributed by atoms with Gasteiger partial charge in [0.15, 0.2) is 5.82 Å². The first kappa shape index (κ1) is 13.3. The van der Waals surface area contributed by atoms with Gasteiger partial charge in [-0.3, -0.25) is 10.1 Å². The number of hydrogen-bond acceptors (Lipinski definition) is 5. The van der Waals surface area contributed by atoms with E-state index in [2.05, 4.69) is 31.3 Å². The van der Waals surface area contributed by atoms with Gasteiger partial charge in [0.1, 0.15) is 11.6 Å². The first-order chi connectivity index (χ1) is 9.41. The quantitative estimate of drug-likeness (QED) is 0.727. The molecule has 1 amide bonds. The molecule has 2 unspecified atom stereocenters. The molecule has 0 spiro atoms. The van der Waals surface area contributed by atoms with Gasteiger partial charge in [0.25, 0.3) is 0 Å². The summed E-state index contributed by atoms with van der Waals surface area (Å²) < 4.78 is 37.6. The minimum atomic E-state index is -4.32. The van der Waals surface area contributed by atoms with Crippen LogP contribution in [0.25, 0.3) is 0 Å². The number of aromatic nitrogens is 4. The topological polar surface area (TPSA) is 95.6 Å². The Morgan fingerprint density at radius 3 is 2.60 bits per heavy atom. The van der Waals surface area contributed by atoms with Crippen LogP contribution in [-0.2, 0) is 10.3 Å². The van der Waals surface area contributed by atoms with Crippen LogP contribution in [0.1, 0.15) is 31.5 Å². The van der Waals surface area contributed by atoms with Crippen molar-refractivity contribution in [2.75, 3.05) is 0 Å². The Kier molecular flexibility index (Phi) is 2.92. The molecule has 1 aliphatic heterocycles. The van der Waals surface area contributed by atoms with Crippen molar-refractivity contribution >= 4 is 5.91 Å². The highest BCUT2D eigenvalue weighted by Crippen LogP contribution is 2.43. The molecule has 7 nitrogen and oxygen atoms in total. The van der Waals surface area contributed by atoms with E-state index in [1.807, 2.05) is 0 Å². The van der Waals surface area contributed by atoms with Gasteiger partial charge in [-0.15, -0.1) is 10.2 Å². The number of halogens is 3. The van der Waals surface area contributed by atoms with Gasteiger partial charge in [-0.25, -0.2) is 0 Å². The van der Waals surface area contributed by atoms with Gasteiger partial charge in [-0.2, -0.15) is 18.4 Å². The molecule has 0 radical (unpaired) electrons. The number of nitrogens with one attached hydrogen (secondary N) is 3. The highest BCUT2D eigenvalue weighted by molar-refractivity contribution is 5.83. The molecule has 1 saturated carbocycles. The number of amides is 1. The molecule has 1 aromatic heterocycles. The van der Waals surface area contributed by atoms with Gasteiger partial charge in [-0.1, -0.05) is 5.21 Å². The van der Waals surface area contributed by atoms with Crippen LogP contribution in [-0.4, -0.2) is 44.8 Å². The van der Waals surface area contributed by atoms with E-state index in [9.17, 15) is 18.0 Å². The molecule has 0 bridgehead atoms. The second-order valence-electron chi connectivity index (χ2n) is 5.20. The molecule has 1 saturated heterocycles. The maximum atomic E-state index is 12.5. The Balaban J connectivity index is 1.61. The van der Waals surface area contributed by atoms with Gasteiger partial charge in [0.05, 0.1) is 6.04 Å². The van der Waals surface area contributed by atoms with E-state index in [1.165, 1.54) is 0 Å². The van der Waals surface area contributed by atoms with Crippen molar-refractivity contribution in [3.8, 4) is 0 Å². The Labute approximate surface area is 111 Å².